The number of carbonyl (C=O) groups excluding carboxylic acids is 1. The number of benzene rings is 3. The standard InChI is InChI=1S/C24H17ClN2O3S/c1-29-19-9-5-8-16-12-20(30-22(16)19)23(28)27(14-15-6-3-2-4-7-15)24-26-18-11-10-17(25)13-21(18)31-24/h2-13H,14H2,1H3. The average molecular weight is 449 g/mol. The highest BCUT2D eigenvalue weighted by Crippen LogP contribution is 2.34. The van der Waals surface area contributed by atoms with E-state index < -0.39 is 0 Å². The van der Waals surface area contributed by atoms with Crippen molar-refractivity contribution < 1.29 is 13.9 Å². The third-order valence-corrected chi connectivity index (χ3v) is 6.21. The molecule has 0 aliphatic heterocycles. The number of carbonyl (C=O) groups is 1. The lowest BCUT2D eigenvalue weighted by molar-refractivity contribution is 0.0960. The van der Waals surface area contributed by atoms with E-state index in [0.29, 0.717) is 28.0 Å². The molecule has 0 aliphatic rings. The van der Waals surface area contributed by atoms with E-state index in [1.807, 2.05) is 54.6 Å². The van der Waals surface area contributed by atoms with Gasteiger partial charge in [-0.25, -0.2) is 4.98 Å². The Balaban J connectivity index is 1.60. The van der Waals surface area contributed by atoms with Gasteiger partial charge in [-0.3, -0.25) is 9.69 Å². The van der Waals surface area contributed by atoms with Gasteiger partial charge in [0, 0.05) is 10.4 Å². The molecular formula is C24H17ClN2O3S. The highest BCUT2D eigenvalue weighted by atomic mass is 35.5. The van der Waals surface area contributed by atoms with Gasteiger partial charge in [0.05, 0.1) is 23.9 Å². The minimum atomic E-state index is -0.271. The molecule has 0 bridgehead atoms. The van der Waals surface area contributed by atoms with Crippen LogP contribution in [0.15, 0.2) is 77.2 Å². The molecule has 0 aliphatic carbocycles. The largest absolute Gasteiger partial charge is 0.493 e. The summed E-state index contributed by atoms with van der Waals surface area (Å²) in [5.74, 6) is 0.542. The van der Waals surface area contributed by atoms with Crippen LogP contribution in [0.2, 0.25) is 5.02 Å². The molecule has 0 saturated heterocycles. The lowest BCUT2D eigenvalue weighted by atomic mass is 10.2. The van der Waals surface area contributed by atoms with Gasteiger partial charge in [0.1, 0.15) is 0 Å². The van der Waals surface area contributed by atoms with Crippen LogP contribution in [-0.2, 0) is 6.54 Å². The number of fused-ring (bicyclic) bond motifs is 2. The zero-order valence-electron chi connectivity index (χ0n) is 16.5. The Morgan fingerprint density at radius 1 is 1.10 bits per heavy atom. The van der Waals surface area contributed by atoms with Gasteiger partial charge < -0.3 is 9.15 Å². The van der Waals surface area contributed by atoms with E-state index in [-0.39, 0.29) is 11.7 Å². The first-order valence-electron chi connectivity index (χ1n) is 9.61. The second-order valence-corrected chi connectivity index (χ2v) is 8.42. The van der Waals surface area contributed by atoms with E-state index in [2.05, 4.69) is 4.98 Å². The number of rotatable bonds is 5. The van der Waals surface area contributed by atoms with Crippen molar-refractivity contribution in [2.75, 3.05) is 12.0 Å². The molecule has 0 N–H and O–H groups in total. The highest BCUT2D eigenvalue weighted by Gasteiger charge is 2.25. The number of amides is 1. The zero-order valence-corrected chi connectivity index (χ0v) is 18.1. The normalized spacial score (nSPS) is 11.2. The van der Waals surface area contributed by atoms with Crippen molar-refractivity contribution in [3.63, 3.8) is 0 Å². The molecule has 3 aromatic carbocycles. The van der Waals surface area contributed by atoms with Crippen molar-refractivity contribution in [3.8, 4) is 5.75 Å². The number of thiazole rings is 1. The summed E-state index contributed by atoms with van der Waals surface area (Å²) in [5, 5.41) is 2.02. The average Bonchev–Trinajstić information content (AvgIpc) is 3.41. The fourth-order valence-electron chi connectivity index (χ4n) is 3.43. The van der Waals surface area contributed by atoms with Gasteiger partial charge in [-0.1, -0.05) is 65.4 Å². The molecule has 7 heteroatoms. The summed E-state index contributed by atoms with van der Waals surface area (Å²) < 4.78 is 12.2. The predicted octanol–water partition coefficient (Wildman–Crippen LogP) is 6.55. The number of anilines is 1. The topological polar surface area (TPSA) is 55.6 Å². The highest BCUT2D eigenvalue weighted by molar-refractivity contribution is 7.22. The van der Waals surface area contributed by atoms with Crippen LogP contribution in [0.1, 0.15) is 16.1 Å². The van der Waals surface area contributed by atoms with Crippen LogP contribution in [0.5, 0.6) is 5.75 Å². The number of methoxy groups -OCH3 is 1. The van der Waals surface area contributed by atoms with Crippen molar-refractivity contribution >= 4 is 55.2 Å². The second-order valence-electron chi connectivity index (χ2n) is 6.97. The lowest BCUT2D eigenvalue weighted by Gasteiger charge is -2.18. The molecule has 0 spiro atoms. The number of para-hydroxylation sites is 1. The molecule has 31 heavy (non-hydrogen) atoms. The third-order valence-electron chi connectivity index (χ3n) is 4.94. The summed E-state index contributed by atoms with van der Waals surface area (Å²) in [4.78, 5) is 19.9. The molecule has 0 radical (unpaired) electrons. The van der Waals surface area contributed by atoms with Crippen LogP contribution in [0, 0.1) is 0 Å². The van der Waals surface area contributed by atoms with Crippen molar-refractivity contribution in [2.24, 2.45) is 0 Å². The minimum absolute atomic E-state index is 0.229. The number of aromatic nitrogens is 1. The van der Waals surface area contributed by atoms with Crippen LogP contribution in [-0.4, -0.2) is 18.0 Å². The Kier molecular flexibility index (Phi) is 5.10. The first-order chi connectivity index (χ1) is 15.1. The van der Waals surface area contributed by atoms with Gasteiger partial charge >= 0.3 is 0 Å². The maximum Gasteiger partial charge on any atom is 0.296 e. The SMILES string of the molecule is COc1cccc2cc(C(=O)N(Cc3ccccc3)c3nc4ccc(Cl)cc4s3)oc12. The Hall–Kier alpha value is -3.35. The molecule has 154 valence electrons. The smallest absolute Gasteiger partial charge is 0.296 e. The van der Waals surface area contributed by atoms with Crippen molar-refractivity contribution in [1.82, 2.24) is 4.98 Å². The van der Waals surface area contributed by atoms with E-state index in [0.717, 1.165) is 21.2 Å². The quantitative estimate of drug-likeness (QED) is 0.306. The second kappa shape index (κ2) is 8.06. The molecule has 0 saturated carbocycles. The zero-order chi connectivity index (χ0) is 21.4. The number of furan rings is 1. The number of halogens is 1. The summed E-state index contributed by atoms with van der Waals surface area (Å²) in [6, 6.07) is 22.6. The molecule has 0 unspecified atom stereocenters. The molecule has 0 atom stereocenters. The maximum absolute atomic E-state index is 13.6. The Labute approximate surface area is 187 Å². The van der Waals surface area contributed by atoms with Crippen LogP contribution < -0.4 is 9.64 Å². The predicted molar refractivity (Wildman–Crippen MR) is 124 cm³/mol. The molecule has 5 nitrogen and oxygen atoms in total. The van der Waals surface area contributed by atoms with Crippen LogP contribution in [0.25, 0.3) is 21.2 Å². The fourth-order valence-corrected chi connectivity index (χ4v) is 4.67. The van der Waals surface area contributed by atoms with E-state index in [4.69, 9.17) is 20.8 Å². The first kappa shape index (κ1) is 19.6. The molecular weight excluding hydrogens is 432 g/mol. The molecule has 2 aromatic heterocycles. The summed E-state index contributed by atoms with van der Waals surface area (Å²) in [6.45, 7) is 0.363. The molecule has 2 heterocycles. The van der Waals surface area contributed by atoms with E-state index in [1.165, 1.54) is 11.3 Å². The molecule has 5 rings (SSSR count). The van der Waals surface area contributed by atoms with Gasteiger partial charge in [-0.2, -0.15) is 0 Å². The summed E-state index contributed by atoms with van der Waals surface area (Å²) in [5.41, 5.74) is 2.33. The van der Waals surface area contributed by atoms with E-state index in [1.54, 1.807) is 30.2 Å². The van der Waals surface area contributed by atoms with E-state index in [9.17, 15) is 4.79 Å². The molecule has 0 fully saturated rings. The Morgan fingerprint density at radius 2 is 1.94 bits per heavy atom. The molecule has 5 aromatic rings. The van der Waals surface area contributed by atoms with Crippen molar-refractivity contribution in [2.45, 2.75) is 6.54 Å². The lowest BCUT2D eigenvalue weighted by Crippen LogP contribution is -2.30. The Morgan fingerprint density at radius 3 is 2.74 bits per heavy atom. The van der Waals surface area contributed by atoms with E-state index >= 15 is 0 Å². The monoisotopic (exact) mass is 448 g/mol. The Bertz CT molecular complexity index is 1390. The van der Waals surface area contributed by atoms with Gasteiger partial charge in [0.15, 0.2) is 22.2 Å². The number of ether oxygens (including phenoxy) is 1. The number of hydrogen-bond donors (Lipinski definition) is 0. The maximum atomic E-state index is 13.6. The first-order valence-corrected chi connectivity index (χ1v) is 10.8. The van der Waals surface area contributed by atoms with Gasteiger partial charge in [0.2, 0.25) is 0 Å². The number of nitrogens with zero attached hydrogens (tertiary/aromatic N) is 2. The minimum Gasteiger partial charge on any atom is -0.493 e. The summed E-state index contributed by atoms with van der Waals surface area (Å²) in [6.07, 6.45) is 0. The molecule has 1 amide bonds. The van der Waals surface area contributed by atoms with Gasteiger partial charge in [-0.05, 0) is 35.9 Å². The van der Waals surface area contributed by atoms with Crippen LogP contribution in [0.3, 0.4) is 0 Å². The van der Waals surface area contributed by atoms with Gasteiger partial charge in [0.25, 0.3) is 5.91 Å². The van der Waals surface area contributed by atoms with Crippen molar-refractivity contribution in [3.05, 3.63) is 89.1 Å². The summed E-state index contributed by atoms with van der Waals surface area (Å²) >= 11 is 7.56. The van der Waals surface area contributed by atoms with Crippen LogP contribution in [0.4, 0.5) is 5.13 Å². The summed E-state index contributed by atoms with van der Waals surface area (Å²) in [7, 11) is 1.58. The van der Waals surface area contributed by atoms with Crippen molar-refractivity contribution in [1.29, 1.82) is 0 Å². The fraction of sp³-hybridized carbons (Fsp3) is 0.0833. The van der Waals surface area contributed by atoms with Crippen LogP contribution >= 0.6 is 22.9 Å². The van der Waals surface area contributed by atoms with Gasteiger partial charge in [-0.15, -0.1) is 0 Å². The third kappa shape index (κ3) is 3.76. The number of hydrogen-bond acceptors (Lipinski definition) is 5.